The number of nitrogens with one attached hydrogen (secondary N) is 2. The molecule has 6 nitrogen and oxygen atoms in total. The van der Waals surface area contributed by atoms with Crippen molar-refractivity contribution >= 4 is 39.6 Å². The first-order valence-corrected chi connectivity index (χ1v) is 7.83. The van der Waals surface area contributed by atoms with Crippen LogP contribution in [0.5, 0.6) is 0 Å². The molecule has 0 atom stereocenters. The van der Waals surface area contributed by atoms with E-state index in [0.29, 0.717) is 17.1 Å². The highest BCUT2D eigenvalue weighted by Crippen LogP contribution is 2.27. The topological polar surface area (TPSA) is 92.9 Å². The minimum Gasteiger partial charge on any atom is -0.382 e. The van der Waals surface area contributed by atoms with E-state index in [4.69, 9.17) is 5.73 Å². The zero-order chi connectivity index (χ0) is 14.7. The fourth-order valence-electron chi connectivity index (χ4n) is 1.62. The molecular formula is C12H17N5OS2. The largest absolute Gasteiger partial charge is 0.382 e. The fraction of sp³-hybridized carbons (Fsp3) is 0.417. The third kappa shape index (κ3) is 3.45. The normalized spacial score (nSPS) is 10.8. The number of carbonyl (C=O) groups is 1. The molecule has 0 aromatic carbocycles. The molecule has 108 valence electrons. The Labute approximate surface area is 125 Å². The minimum atomic E-state index is -0.205. The second-order valence-corrected chi connectivity index (χ2v) is 6.35. The molecule has 0 aliphatic rings. The first kappa shape index (κ1) is 14.7. The van der Waals surface area contributed by atoms with Crippen molar-refractivity contribution in [2.24, 2.45) is 0 Å². The monoisotopic (exact) mass is 311 g/mol. The molecule has 1 amide bonds. The molecule has 0 aliphatic carbocycles. The van der Waals surface area contributed by atoms with E-state index in [0.717, 1.165) is 10.7 Å². The number of aromatic nitrogens is 2. The maximum absolute atomic E-state index is 12.1. The zero-order valence-corrected chi connectivity index (χ0v) is 13.2. The lowest BCUT2D eigenvalue weighted by molar-refractivity contribution is 0.0945. The number of hydrogen-bond acceptors (Lipinski definition) is 7. The first-order valence-electron chi connectivity index (χ1n) is 6.18. The number of nitrogen functional groups attached to an aromatic ring is 1. The maximum atomic E-state index is 12.1. The molecule has 4 N–H and O–H groups in total. The van der Waals surface area contributed by atoms with Crippen molar-refractivity contribution in [3.05, 3.63) is 21.6 Å². The van der Waals surface area contributed by atoms with Crippen LogP contribution in [-0.2, 0) is 6.54 Å². The third-order valence-electron chi connectivity index (χ3n) is 2.43. The Kier molecular flexibility index (Phi) is 4.56. The van der Waals surface area contributed by atoms with Gasteiger partial charge in [-0.05, 0) is 32.3 Å². The van der Waals surface area contributed by atoms with Crippen molar-refractivity contribution in [2.75, 3.05) is 11.1 Å². The van der Waals surface area contributed by atoms with Gasteiger partial charge in [0.1, 0.15) is 15.6 Å². The number of aryl methyl sites for hydroxylation is 1. The number of thiazole rings is 1. The first-order chi connectivity index (χ1) is 9.47. The van der Waals surface area contributed by atoms with Crippen LogP contribution in [-0.4, -0.2) is 21.3 Å². The summed E-state index contributed by atoms with van der Waals surface area (Å²) in [5.41, 5.74) is 7.18. The molecule has 0 fully saturated rings. The van der Waals surface area contributed by atoms with Crippen LogP contribution < -0.4 is 16.4 Å². The number of nitrogens with two attached hydrogens (primary N) is 1. The Hall–Kier alpha value is -1.67. The van der Waals surface area contributed by atoms with Crippen LogP contribution in [0, 0.1) is 6.92 Å². The molecule has 20 heavy (non-hydrogen) atoms. The summed E-state index contributed by atoms with van der Waals surface area (Å²) in [5.74, 6) is 0.0510. The Morgan fingerprint density at radius 1 is 1.50 bits per heavy atom. The van der Waals surface area contributed by atoms with E-state index in [1.807, 2.05) is 26.2 Å². The average Bonchev–Trinajstić information content (AvgIpc) is 2.92. The molecule has 0 unspecified atom stereocenters. The van der Waals surface area contributed by atoms with Crippen LogP contribution in [0.3, 0.4) is 0 Å². The number of hydrogen-bond donors (Lipinski definition) is 3. The summed E-state index contributed by atoms with van der Waals surface area (Å²) in [6.45, 7) is 6.31. The molecule has 2 heterocycles. The molecule has 0 saturated carbocycles. The predicted octanol–water partition coefficient (Wildman–Crippen LogP) is 2.24. The molecule has 0 radical (unpaired) electrons. The van der Waals surface area contributed by atoms with Gasteiger partial charge < -0.3 is 16.4 Å². The van der Waals surface area contributed by atoms with Crippen LogP contribution in [0.1, 0.15) is 34.9 Å². The lowest BCUT2D eigenvalue weighted by Gasteiger charge is -2.09. The van der Waals surface area contributed by atoms with Gasteiger partial charge in [-0.25, -0.2) is 4.98 Å². The van der Waals surface area contributed by atoms with Crippen molar-refractivity contribution in [3.63, 3.8) is 0 Å². The minimum absolute atomic E-state index is 0.0521. The van der Waals surface area contributed by atoms with E-state index in [1.165, 1.54) is 11.5 Å². The summed E-state index contributed by atoms with van der Waals surface area (Å²) >= 11 is 2.77. The number of nitrogens with zero attached hydrogens (tertiary/aromatic N) is 2. The summed E-state index contributed by atoms with van der Waals surface area (Å²) in [6, 6.07) is 0.0521. The van der Waals surface area contributed by atoms with Crippen molar-refractivity contribution in [1.82, 2.24) is 14.7 Å². The highest BCUT2D eigenvalue weighted by Gasteiger charge is 2.19. The number of anilines is 2. The van der Waals surface area contributed by atoms with Crippen molar-refractivity contribution < 1.29 is 4.79 Å². The summed E-state index contributed by atoms with van der Waals surface area (Å²) in [6.07, 6.45) is 0. The highest BCUT2D eigenvalue weighted by molar-refractivity contribution is 7.11. The lowest BCUT2D eigenvalue weighted by atomic mass is 10.2. The van der Waals surface area contributed by atoms with Crippen LogP contribution in [0.15, 0.2) is 5.38 Å². The van der Waals surface area contributed by atoms with Crippen LogP contribution in [0.2, 0.25) is 0 Å². The van der Waals surface area contributed by atoms with Crippen LogP contribution in [0.4, 0.5) is 10.8 Å². The SMILES string of the molecule is Cc1csc(CNc2snc(N)c2C(=O)NC(C)C)n1. The quantitative estimate of drug-likeness (QED) is 0.787. The fourth-order valence-corrected chi connectivity index (χ4v) is 3.03. The predicted molar refractivity (Wildman–Crippen MR) is 83.3 cm³/mol. The van der Waals surface area contributed by atoms with E-state index in [-0.39, 0.29) is 17.8 Å². The Balaban J connectivity index is 2.10. The van der Waals surface area contributed by atoms with Crippen molar-refractivity contribution in [1.29, 1.82) is 0 Å². The third-order valence-corrected chi connectivity index (χ3v) is 4.22. The summed E-state index contributed by atoms with van der Waals surface area (Å²) in [5, 5.41) is 9.63. The van der Waals surface area contributed by atoms with Crippen LogP contribution in [0.25, 0.3) is 0 Å². The van der Waals surface area contributed by atoms with E-state index in [2.05, 4.69) is 20.0 Å². The summed E-state index contributed by atoms with van der Waals surface area (Å²) < 4.78 is 4.04. The van der Waals surface area contributed by atoms with Gasteiger partial charge in [0.05, 0.1) is 6.54 Å². The summed E-state index contributed by atoms with van der Waals surface area (Å²) in [7, 11) is 0. The van der Waals surface area contributed by atoms with Crippen molar-refractivity contribution in [2.45, 2.75) is 33.4 Å². The van der Waals surface area contributed by atoms with E-state index in [1.54, 1.807) is 11.3 Å². The second-order valence-electron chi connectivity index (χ2n) is 4.64. The number of carbonyl (C=O) groups excluding carboxylic acids is 1. The molecule has 8 heteroatoms. The average molecular weight is 311 g/mol. The molecule has 2 rings (SSSR count). The van der Waals surface area contributed by atoms with Gasteiger partial charge in [-0.1, -0.05) is 0 Å². The van der Waals surface area contributed by atoms with Gasteiger partial charge >= 0.3 is 0 Å². The molecule has 0 spiro atoms. The Morgan fingerprint density at radius 2 is 2.25 bits per heavy atom. The number of amides is 1. The summed E-state index contributed by atoms with van der Waals surface area (Å²) in [4.78, 5) is 16.5. The second kappa shape index (κ2) is 6.19. The molecule has 0 bridgehead atoms. The molecule has 0 aliphatic heterocycles. The molecule has 0 saturated heterocycles. The van der Waals surface area contributed by atoms with Gasteiger partial charge in [0, 0.05) is 17.1 Å². The molecular weight excluding hydrogens is 294 g/mol. The van der Waals surface area contributed by atoms with Gasteiger partial charge in [-0.3, -0.25) is 4.79 Å². The van der Waals surface area contributed by atoms with Crippen molar-refractivity contribution in [3.8, 4) is 0 Å². The zero-order valence-electron chi connectivity index (χ0n) is 11.6. The lowest BCUT2D eigenvalue weighted by Crippen LogP contribution is -2.30. The smallest absolute Gasteiger partial charge is 0.258 e. The molecule has 2 aromatic rings. The van der Waals surface area contributed by atoms with Gasteiger partial charge in [-0.15, -0.1) is 11.3 Å². The Bertz CT molecular complexity index is 605. The van der Waals surface area contributed by atoms with Crippen LogP contribution >= 0.6 is 22.9 Å². The number of rotatable bonds is 5. The van der Waals surface area contributed by atoms with Gasteiger partial charge in [-0.2, -0.15) is 4.37 Å². The van der Waals surface area contributed by atoms with Gasteiger partial charge in [0.25, 0.3) is 5.91 Å². The van der Waals surface area contributed by atoms with Gasteiger partial charge in [0.2, 0.25) is 0 Å². The maximum Gasteiger partial charge on any atom is 0.258 e. The molecule has 2 aromatic heterocycles. The van der Waals surface area contributed by atoms with E-state index >= 15 is 0 Å². The van der Waals surface area contributed by atoms with E-state index < -0.39 is 0 Å². The Morgan fingerprint density at radius 3 is 2.85 bits per heavy atom. The van der Waals surface area contributed by atoms with Gasteiger partial charge in [0.15, 0.2) is 5.82 Å². The standard InChI is InChI=1S/C12H17N5OS2/c1-6(2)15-11(18)9-10(13)17-20-12(9)14-4-8-16-7(3)5-19-8/h5-6,14H,4H2,1-3H3,(H2,13,17)(H,15,18). The highest BCUT2D eigenvalue weighted by atomic mass is 32.1. The van der Waals surface area contributed by atoms with E-state index in [9.17, 15) is 4.79 Å².